The summed E-state index contributed by atoms with van der Waals surface area (Å²) in [5.74, 6) is -1.04. The van der Waals surface area contributed by atoms with Gasteiger partial charge in [0, 0.05) is 24.2 Å². The second-order valence-electron chi connectivity index (χ2n) is 9.70. The van der Waals surface area contributed by atoms with Crippen LogP contribution in [0.3, 0.4) is 0 Å². The topological polar surface area (TPSA) is 58.1 Å². The van der Waals surface area contributed by atoms with E-state index in [2.05, 4.69) is 20.2 Å². The maximum atomic E-state index is 13.5. The Morgan fingerprint density at radius 2 is 1.60 bits per heavy atom. The van der Waals surface area contributed by atoms with Gasteiger partial charge in [0.25, 0.3) is 5.91 Å². The van der Waals surface area contributed by atoms with E-state index in [4.69, 9.17) is 11.6 Å². The van der Waals surface area contributed by atoms with E-state index in [0.717, 1.165) is 22.8 Å². The van der Waals surface area contributed by atoms with Crippen molar-refractivity contribution in [3.8, 4) is 11.1 Å². The Bertz CT molecular complexity index is 1490. The number of carbonyl (C=O) groups excluding carboxylic acids is 1. The number of hydrogen-bond donors (Lipinski definition) is 1. The highest BCUT2D eigenvalue weighted by molar-refractivity contribution is 6.29. The molecule has 0 bridgehead atoms. The minimum absolute atomic E-state index is 0.135. The Kier molecular flexibility index (Phi) is 8.14. The van der Waals surface area contributed by atoms with Crippen LogP contribution in [-0.4, -0.2) is 33.9 Å². The number of benzene rings is 2. The monoisotopic (exact) mass is 568 g/mol. The van der Waals surface area contributed by atoms with E-state index in [1.54, 1.807) is 12.1 Å². The summed E-state index contributed by atoms with van der Waals surface area (Å²) < 4.78 is 53.7. The van der Waals surface area contributed by atoms with Crippen LogP contribution in [0.25, 0.3) is 11.1 Å². The number of alkyl halides is 3. The molecule has 4 aromatic rings. The number of likely N-dealkylation sites (tertiary alicyclic amines) is 1. The van der Waals surface area contributed by atoms with Crippen molar-refractivity contribution < 1.29 is 22.4 Å². The largest absolute Gasteiger partial charge is 0.433 e. The quantitative estimate of drug-likeness (QED) is 0.192. The molecule has 1 N–H and O–H groups in total. The minimum Gasteiger partial charge on any atom is -0.320 e. The Morgan fingerprint density at radius 1 is 0.950 bits per heavy atom. The smallest absolute Gasteiger partial charge is 0.320 e. The zero-order valence-electron chi connectivity index (χ0n) is 21.3. The van der Waals surface area contributed by atoms with Gasteiger partial charge in [0.1, 0.15) is 16.7 Å². The maximum Gasteiger partial charge on any atom is 0.433 e. The van der Waals surface area contributed by atoms with E-state index in [9.17, 15) is 22.4 Å². The molecule has 1 aliphatic rings. The van der Waals surface area contributed by atoms with Crippen molar-refractivity contribution in [1.29, 1.82) is 0 Å². The second kappa shape index (κ2) is 11.7. The standard InChI is InChI=1S/C30H25ClF4N4O/c31-27-17-23(11-14-36-27)29(40)37-25-9-10-26(30(33,34)35)38-28(25)22-12-15-39(16-13-22)18-19-1-3-20(4-2-19)21-5-7-24(32)8-6-21/h1-11,14,17,22H,12-13,15-16,18H2,(H,37,40). The molecule has 2 aromatic carbocycles. The molecule has 0 atom stereocenters. The van der Waals surface area contributed by atoms with Crippen LogP contribution in [0.15, 0.2) is 79.0 Å². The van der Waals surface area contributed by atoms with Gasteiger partial charge in [-0.05, 0) is 79.0 Å². The first-order valence-electron chi connectivity index (χ1n) is 12.7. The lowest BCUT2D eigenvalue weighted by Crippen LogP contribution is -2.33. The fourth-order valence-corrected chi connectivity index (χ4v) is 5.03. The van der Waals surface area contributed by atoms with Crippen LogP contribution in [0.2, 0.25) is 5.15 Å². The van der Waals surface area contributed by atoms with Crippen molar-refractivity contribution in [3.63, 3.8) is 0 Å². The van der Waals surface area contributed by atoms with Gasteiger partial charge in [0.05, 0.1) is 11.4 Å². The third-order valence-electron chi connectivity index (χ3n) is 6.96. The first-order valence-corrected chi connectivity index (χ1v) is 13.1. The Hall–Kier alpha value is -3.82. The number of nitrogens with one attached hydrogen (secondary N) is 1. The lowest BCUT2D eigenvalue weighted by Gasteiger charge is -2.32. The van der Waals surface area contributed by atoms with Crippen molar-refractivity contribution in [2.24, 2.45) is 0 Å². The van der Waals surface area contributed by atoms with E-state index in [0.29, 0.717) is 32.5 Å². The van der Waals surface area contributed by atoms with Gasteiger partial charge in [-0.2, -0.15) is 13.2 Å². The summed E-state index contributed by atoms with van der Waals surface area (Å²) in [4.78, 5) is 22.9. The molecule has 1 aliphatic heterocycles. The number of hydrogen-bond acceptors (Lipinski definition) is 4. The number of pyridine rings is 2. The normalized spacial score (nSPS) is 14.7. The van der Waals surface area contributed by atoms with Crippen molar-refractivity contribution >= 4 is 23.2 Å². The van der Waals surface area contributed by atoms with E-state index in [-0.39, 0.29) is 33.8 Å². The number of aromatic nitrogens is 2. The molecule has 5 nitrogen and oxygen atoms in total. The summed E-state index contributed by atoms with van der Waals surface area (Å²) in [6, 6.07) is 19.4. The number of carbonyl (C=O) groups is 1. The molecule has 0 radical (unpaired) electrons. The van der Waals surface area contributed by atoms with Gasteiger partial charge in [-0.1, -0.05) is 48.0 Å². The summed E-state index contributed by atoms with van der Waals surface area (Å²) in [7, 11) is 0. The lowest BCUT2D eigenvalue weighted by molar-refractivity contribution is -0.141. The molecule has 1 amide bonds. The minimum atomic E-state index is -4.60. The summed E-state index contributed by atoms with van der Waals surface area (Å²) >= 11 is 5.88. The van der Waals surface area contributed by atoms with E-state index in [1.807, 2.05) is 24.3 Å². The molecule has 206 valence electrons. The highest BCUT2D eigenvalue weighted by Gasteiger charge is 2.34. The molecular weight excluding hydrogens is 544 g/mol. The van der Waals surface area contributed by atoms with Gasteiger partial charge >= 0.3 is 6.18 Å². The molecular formula is C30H25ClF4N4O. The van der Waals surface area contributed by atoms with Gasteiger partial charge in [0.2, 0.25) is 0 Å². The predicted octanol–water partition coefficient (Wildman–Crippen LogP) is 7.59. The predicted molar refractivity (Wildman–Crippen MR) is 146 cm³/mol. The molecule has 2 aromatic heterocycles. The first-order chi connectivity index (χ1) is 19.2. The van der Waals surface area contributed by atoms with Crippen LogP contribution in [0, 0.1) is 5.82 Å². The van der Waals surface area contributed by atoms with Gasteiger partial charge in [-0.25, -0.2) is 14.4 Å². The summed E-state index contributed by atoms with van der Waals surface area (Å²) in [5.41, 5.74) is 2.75. The van der Waals surface area contributed by atoms with Gasteiger partial charge in [-0.15, -0.1) is 0 Å². The van der Waals surface area contributed by atoms with Crippen LogP contribution in [0.5, 0.6) is 0 Å². The van der Waals surface area contributed by atoms with E-state index >= 15 is 0 Å². The number of rotatable bonds is 6. The summed E-state index contributed by atoms with van der Waals surface area (Å²) in [5, 5.41) is 2.85. The average Bonchev–Trinajstić information content (AvgIpc) is 2.94. The van der Waals surface area contributed by atoms with Gasteiger partial charge < -0.3 is 5.32 Å². The zero-order chi connectivity index (χ0) is 28.3. The van der Waals surface area contributed by atoms with E-state index < -0.39 is 17.8 Å². The molecule has 3 heterocycles. The van der Waals surface area contributed by atoms with Crippen LogP contribution >= 0.6 is 11.6 Å². The number of halogens is 5. The average molecular weight is 569 g/mol. The molecule has 40 heavy (non-hydrogen) atoms. The third-order valence-corrected chi connectivity index (χ3v) is 7.17. The molecule has 0 unspecified atom stereocenters. The van der Waals surface area contributed by atoms with Crippen LogP contribution in [-0.2, 0) is 12.7 Å². The van der Waals surface area contributed by atoms with Gasteiger partial charge in [0.15, 0.2) is 0 Å². The third kappa shape index (κ3) is 6.66. The highest BCUT2D eigenvalue weighted by Crippen LogP contribution is 2.36. The highest BCUT2D eigenvalue weighted by atomic mass is 35.5. The molecule has 0 saturated carbocycles. The van der Waals surface area contributed by atoms with Crippen molar-refractivity contribution in [3.05, 3.63) is 112 Å². The van der Waals surface area contributed by atoms with Crippen molar-refractivity contribution in [2.75, 3.05) is 18.4 Å². The van der Waals surface area contributed by atoms with Crippen molar-refractivity contribution in [2.45, 2.75) is 31.5 Å². The number of nitrogens with zero attached hydrogens (tertiary/aromatic N) is 3. The Balaban J connectivity index is 1.27. The Labute approximate surface area is 233 Å². The SMILES string of the molecule is O=C(Nc1ccc(C(F)(F)F)nc1C1CCN(Cc2ccc(-c3ccc(F)cc3)cc2)CC1)c1ccnc(Cl)c1. The van der Waals surface area contributed by atoms with Crippen LogP contribution < -0.4 is 5.32 Å². The van der Waals surface area contributed by atoms with Crippen molar-refractivity contribution in [1.82, 2.24) is 14.9 Å². The van der Waals surface area contributed by atoms with E-state index in [1.165, 1.54) is 36.5 Å². The molecule has 5 rings (SSSR count). The molecule has 0 aliphatic carbocycles. The van der Waals surface area contributed by atoms with Gasteiger partial charge in [-0.3, -0.25) is 9.69 Å². The molecule has 1 fully saturated rings. The van der Waals surface area contributed by atoms with Crippen LogP contribution in [0.4, 0.5) is 23.2 Å². The number of anilines is 1. The van der Waals surface area contributed by atoms with Crippen LogP contribution in [0.1, 0.15) is 46.1 Å². The fraction of sp³-hybridized carbons (Fsp3) is 0.233. The molecule has 1 saturated heterocycles. The maximum absolute atomic E-state index is 13.5. The molecule has 10 heteroatoms. The first kappa shape index (κ1) is 27.7. The second-order valence-corrected chi connectivity index (χ2v) is 10.1. The zero-order valence-corrected chi connectivity index (χ0v) is 22.0. The number of amides is 1. The molecule has 0 spiro atoms. The fourth-order valence-electron chi connectivity index (χ4n) is 4.86. The number of piperidine rings is 1. The summed E-state index contributed by atoms with van der Waals surface area (Å²) in [6.07, 6.45) is -2.04. The Morgan fingerprint density at radius 3 is 2.23 bits per heavy atom. The summed E-state index contributed by atoms with van der Waals surface area (Å²) in [6.45, 7) is 2.02. The lowest BCUT2D eigenvalue weighted by atomic mass is 9.91.